The maximum atomic E-state index is 12.1. The molecule has 1 amide bonds. The predicted molar refractivity (Wildman–Crippen MR) is 88.1 cm³/mol. The Bertz CT molecular complexity index is 621. The standard InChI is InChI=1S/C16H17Cl2NO5/c1-23-15(21)10-5-7-19(8-6-10)13(20)9-24-16(22)14-11(17)3-2-4-12(14)18/h2-4,10H,5-9H2,1H3. The number of hydrogen-bond donors (Lipinski definition) is 0. The van der Waals surface area contributed by atoms with E-state index in [1.165, 1.54) is 19.2 Å². The molecule has 130 valence electrons. The summed E-state index contributed by atoms with van der Waals surface area (Å²) in [6, 6.07) is 4.64. The lowest BCUT2D eigenvalue weighted by Crippen LogP contribution is -2.42. The lowest BCUT2D eigenvalue weighted by Gasteiger charge is -2.30. The van der Waals surface area contributed by atoms with E-state index in [4.69, 9.17) is 32.7 Å². The summed E-state index contributed by atoms with van der Waals surface area (Å²) in [5.74, 6) is -1.52. The van der Waals surface area contributed by atoms with Crippen LogP contribution in [-0.4, -0.2) is 49.6 Å². The van der Waals surface area contributed by atoms with Gasteiger partial charge in [0.1, 0.15) is 0 Å². The third-order valence-corrected chi connectivity index (χ3v) is 4.51. The molecule has 24 heavy (non-hydrogen) atoms. The summed E-state index contributed by atoms with van der Waals surface area (Å²) >= 11 is 11.8. The van der Waals surface area contributed by atoms with Crippen LogP contribution in [0.2, 0.25) is 10.0 Å². The molecule has 0 spiro atoms. The van der Waals surface area contributed by atoms with Crippen LogP contribution in [0.4, 0.5) is 0 Å². The molecular weight excluding hydrogens is 357 g/mol. The van der Waals surface area contributed by atoms with Crippen molar-refractivity contribution >= 4 is 41.0 Å². The number of carbonyl (C=O) groups excluding carboxylic acids is 3. The fraction of sp³-hybridized carbons (Fsp3) is 0.438. The molecule has 0 N–H and O–H groups in total. The second-order valence-corrected chi connectivity index (χ2v) is 6.17. The largest absolute Gasteiger partial charge is 0.469 e. The predicted octanol–water partition coefficient (Wildman–Crippen LogP) is 2.56. The van der Waals surface area contributed by atoms with Crippen LogP contribution in [-0.2, 0) is 19.1 Å². The minimum atomic E-state index is -0.747. The Labute approximate surface area is 149 Å². The number of ether oxygens (including phenoxy) is 2. The van der Waals surface area contributed by atoms with Gasteiger partial charge in [-0.15, -0.1) is 0 Å². The molecule has 2 rings (SSSR count). The van der Waals surface area contributed by atoms with Crippen molar-refractivity contribution in [2.75, 3.05) is 26.8 Å². The van der Waals surface area contributed by atoms with Crippen molar-refractivity contribution in [2.45, 2.75) is 12.8 Å². The summed E-state index contributed by atoms with van der Waals surface area (Å²) < 4.78 is 9.71. The van der Waals surface area contributed by atoms with Crippen LogP contribution in [0.3, 0.4) is 0 Å². The zero-order chi connectivity index (χ0) is 17.7. The first-order chi connectivity index (χ1) is 11.4. The van der Waals surface area contributed by atoms with E-state index in [-0.39, 0.29) is 33.4 Å². The van der Waals surface area contributed by atoms with E-state index < -0.39 is 12.6 Å². The second-order valence-electron chi connectivity index (χ2n) is 5.35. The van der Waals surface area contributed by atoms with Gasteiger partial charge in [0.15, 0.2) is 6.61 Å². The Morgan fingerprint density at radius 1 is 1.17 bits per heavy atom. The van der Waals surface area contributed by atoms with Gasteiger partial charge in [0, 0.05) is 13.1 Å². The maximum Gasteiger partial charge on any atom is 0.341 e. The third-order valence-electron chi connectivity index (χ3n) is 3.88. The highest BCUT2D eigenvalue weighted by molar-refractivity contribution is 6.39. The average Bonchev–Trinajstić information content (AvgIpc) is 2.59. The van der Waals surface area contributed by atoms with E-state index >= 15 is 0 Å². The Morgan fingerprint density at radius 2 is 1.75 bits per heavy atom. The van der Waals surface area contributed by atoms with E-state index in [9.17, 15) is 14.4 Å². The fourth-order valence-electron chi connectivity index (χ4n) is 2.51. The zero-order valence-electron chi connectivity index (χ0n) is 13.1. The number of benzene rings is 1. The van der Waals surface area contributed by atoms with Crippen LogP contribution >= 0.6 is 23.2 Å². The van der Waals surface area contributed by atoms with Gasteiger partial charge >= 0.3 is 11.9 Å². The van der Waals surface area contributed by atoms with Crippen molar-refractivity contribution in [3.05, 3.63) is 33.8 Å². The average molecular weight is 374 g/mol. The first kappa shape index (κ1) is 18.5. The van der Waals surface area contributed by atoms with Crippen LogP contribution < -0.4 is 0 Å². The molecule has 1 heterocycles. The number of rotatable bonds is 4. The molecular formula is C16H17Cl2NO5. The number of esters is 2. The molecule has 6 nitrogen and oxygen atoms in total. The number of nitrogens with zero attached hydrogens (tertiary/aromatic N) is 1. The molecule has 0 aliphatic carbocycles. The Hall–Kier alpha value is -1.79. The maximum absolute atomic E-state index is 12.1. The number of carbonyl (C=O) groups is 3. The number of hydrogen-bond acceptors (Lipinski definition) is 5. The lowest BCUT2D eigenvalue weighted by atomic mass is 9.97. The van der Waals surface area contributed by atoms with Gasteiger partial charge in [-0.25, -0.2) is 4.79 Å². The molecule has 1 saturated heterocycles. The number of amides is 1. The molecule has 1 fully saturated rings. The van der Waals surface area contributed by atoms with E-state index in [0.717, 1.165) is 0 Å². The van der Waals surface area contributed by atoms with Crippen molar-refractivity contribution in [1.82, 2.24) is 4.90 Å². The second kappa shape index (κ2) is 8.35. The molecule has 1 aliphatic rings. The SMILES string of the molecule is COC(=O)C1CCN(C(=O)COC(=O)c2c(Cl)cccc2Cl)CC1. The van der Waals surface area contributed by atoms with Crippen molar-refractivity contribution in [3.63, 3.8) is 0 Å². The smallest absolute Gasteiger partial charge is 0.341 e. The van der Waals surface area contributed by atoms with Crippen molar-refractivity contribution in [2.24, 2.45) is 5.92 Å². The van der Waals surface area contributed by atoms with Crippen molar-refractivity contribution < 1.29 is 23.9 Å². The quantitative estimate of drug-likeness (QED) is 0.758. The highest BCUT2D eigenvalue weighted by Gasteiger charge is 2.28. The summed E-state index contributed by atoms with van der Waals surface area (Å²) in [5, 5.41) is 0.331. The van der Waals surface area contributed by atoms with E-state index in [1.54, 1.807) is 11.0 Å². The van der Waals surface area contributed by atoms with E-state index in [2.05, 4.69) is 0 Å². The first-order valence-electron chi connectivity index (χ1n) is 7.40. The molecule has 0 saturated carbocycles. The molecule has 0 radical (unpaired) electrons. The molecule has 0 unspecified atom stereocenters. The van der Waals surface area contributed by atoms with Gasteiger partial charge in [-0.05, 0) is 25.0 Å². The van der Waals surface area contributed by atoms with Crippen LogP contribution in [0.15, 0.2) is 18.2 Å². The molecule has 1 aromatic carbocycles. The summed E-state index contributed by atoms with van der Waals surface area (Å²) in [7, 11) is 1.35. The number of methoxy groups -OCH3 is 1. The Morgan fingerprint density at radius 3 is 2.29 bits per heavy atom. The number of piperidine rings is 1. The van der Waals surface area contributed by atoms with Crippen LogP contribution in [0, 0.1) is 5.92 Å². The highest BCUT2D eigenvalue weighted by Crippen LogP contribution is 2.25. The van der Waals surface area contributed by atoms with Crippen LogP contribution in [0.1, 0.15) is 23.2 Å². The van der Waals surface area contributed by atoms with Crippen molar-refractivity contribution in [3.8, 4) is 0 Å². The van der Waals surface area contributed by atoms with Crippen LogP contribution in [0.25, 0.3) is 0 Å². The van der Waals surface area contributed by atoms with E-state index in [0.29, 0.717) is 25.9 Å². The monoisotopic (exact) mass is 373 g/mol. The first-order valence-corrected chi connectivity index (χ1v) is 8.16. The third kappa shape index (κ3) is 4.39. The topological polar surface area (TPSA) is 72.9 Å². The van der Waals surface area contributed by atoms with Gasteiger partial charge in [-0.2, -0.15) is 0 Å². The van der Waals surface area contributed by atoms with Crippen molar-refractivity contribution in [1.29, 1.82) is 0 Å². The Kier molecular flexibility index (Phi) is 6.45. The number of likely N-dealkylation sites (tertiary alicyclic amines) is 1. The summed E-state index contributed by atoms with van der Waals surface area (Å²) in [6.45, 7) is 0.440. The molecule has 0 bridgehead atoms. The normalized spacial score (nSPS) is 15.0. The summed E-state index contributed by atoms with van der Waals surface area (Å²) in [5.41, 5.74) is 0.0398. The van der Waals surface area contributed by atoms with Crippen LogP contribution in [0.5, 0.6) is 0 Å². The Balaban J connectivity index is 1.86. The van der Waals surface area contributed by atoms with Gasteiger partial charge in [-0.1, -0.05) is 29.3 Å². The van der Waals surface area contributed by atoms with Gasteiger partial charge in [0.05, 0.1) is 28.6 Å². The molecule has 0 aromatic heterocycles. The minimum Gasteiger partial charge on any atom is -0.469 e. The zero-order valence-corrected chi connectivity index (χ0v) is 14.6. The minimum absolute atomic E-state index is 0.0398. The molecule has 0 atom stereocenters. The van der Waals surface area contributed by atoms with E-state index in [1.807, 2.05) is 0 Å². The van der Waals surface area contributed by atoms with Gasteiger partial charge in [0.25, 0.3) is 5.91 Å². The lowest BCUT2D eigenvalue weighted by molar-refractivity contribution is -0.149. The van der Waals surface area contributed by atoms with Gasteiger partial charge in [-0.3, -0.25) is 9.59 Å². The highest BCUT2D eigenvalue weighted by atomic mass is 35.5. The van der Waals surface area contributed by atoms with Gasteiger partial charge in [0.2, 0.25) is 0 Å². The summed E-state index contributed by atoms with van der Waals surface area (Å²) in [4.78, 5) is 37.2. The molecule has 8 heteroatoms. The fourth-order valence-corrected chi connectivity index (χ4v) is 3.07. The summed E-state index contributed by atoms with van der Waals surface area (Å²) in [6.07, 6.45) is 1.06. The molecule has 1 aliphatic heterocycles. The number of halogens is 2. The van der Waals surface area contributed by atoms with Gasteiger partial charge < -0.3 is 14.4 Å². The molecule has 1 aromatic rings.